The molecule has 2 aromatic heterocycles. The Kier molecular flexibility index (Phi) is 8.75. The molecule has 1 aromatic carbocycles. The minimum absolute atomic E-state index is 0.0533. The maximum atomic E-state index is 15.1. The highest BCUT2D eigenvalue weighted by molar-refractivity contribution is 6.35. The van der Waals surface area contributed by atoms with Crippen LogP contribution in [0.3, 0.4) is 0 Å². The van der Waals surface area contributed by atoms with Crippen LogP contribution in [0.5, 0.6) is 5.75 Å². The largest absolute Gasteiger partial charge is 0.486 e. The first-order valence-electron chi connectivity index (χ1n) is 12.9. The van der Waals surface area contributed by atoms with Gasteiger partial charge in [0.15, 0.2) is 11.6 Å². The van der Waals surface area contributed by atoms with Gasteiger partial charge in [0.25, 0.3) is 0 Å². The quantitative estimate of drug-likeness (QED) is 0.238. The number of piperidine rings is 1. The van der Waals surface area contributed by atoms with E-state index in [1.165, 1.54) is 37.5 Å². The third kappa shape index (κ3) is 5.72. The molecule has 10 heteroatoms. The number of hydrogen-bond acceptors (Lipinski definition) is 7. The maximum absolute atomic E-state index is 15.1. The van der Waals surface area contributed by atoms with E-state index in [0.717, 1.165) is 26.1 Å². The fourth-order valence-corrected chi connectivity index (χ4v) is 5.66. The molecule has 0 radical (unpaired) electrons. The minimum Gasteiger partial charge on any atom is -0.486 e. The summed E-state index contributed by atoms with van der Waals surface area (Å²) in [7, 11) is 0. The van der Waals surface area contributed by atoms with Crippen LogP contribution in [0.4, 0.5) is 15.9 Å². The number of pyridine rings is 2. The van der Waals surface area contributed by atoms with Crippen molar-refractivity contribution in [2.45, 2.75) is 51.7 Å². The topological polar surface area (TPSA) is 100 Å². The predicted octanol–water partition coefficient (Wildman–Crippen LogP) is 6.42. The van der Waals surface area contributed by atoms with Crippen molar-refractivity contribution in [1.29, 1.82) is 5.41 Å². The molecule has 2 aliphatic rings. The molecule has 202 valence electrons. The number of nitrogen functional groups attached to an aromatic ring is 1. The third-order valence-corrected chi connectivity index (χ3v) is 7.49. The second-order valence-electron chi connectivity index (χ2n) is 9.45. The summed E-state index contributed by atoms with van der Waals surface area (Å²) >= 11 is 12.5. The number of anilines is 2. The Balaban J connectivity index is 0.00000164. The Hall–Kier alpha value is -2.94. The molecule has 5 rings (SSSR count). The van der Waals surface area contributed by atoms with E-state index in [2.05, 4.69) is 15.3 Å². The zero-order valence-electron chi connectivity index (χ0n) is 21.8. The molecule has 1 atom stereocenters. The summed E-state index contributed by atoms with van der Waals surface area (Å²) in [5, 5.41) is 13.1. The van der Waals surface area contributed by atoms with Gasteiger partial charge in [0.2, 0.25) is 0 Å². The van der Waals surface area contributed by atoms with Crippen LogP contribution in [0.25, 0.3) is 0 Å². The number of rotatable bonds is 6. The summed E-state index contributed by atoms with van der Waals surface area (Å²) in [5.74, 6) is 0.329. The lowest BCUT2D eigenvalue weighted by Gasteiger charge is -2.53. The second-order valence-corrected chi connectivity index (χ2v) is 10.3. The zero-order chi connectivity index (χ0) is 27.4. The molecular weight excluding hydrogens is 526 g/mol. The van der Waals surface area contributed by atoms with Crippen LogP contribution in [0.1, 0.15) is 62.8 Å². The van der Waals surface area contributed by atoms with Gasteiger partial charge in [0.1, 0.15) is 11.9 Å². The van der Waals surface area contributed by atoms with Gasteiger partial charge in [-0.15, -0.1) is 0 Å². The van der Waals surface area contributed by atoms with E-state index in [9.17, 15) is 0 Å². The Morgan fingerprint density at radius 1 is 1.16 bits per heavy atom. The highest BCUT2D eigenvalue weighted by Gasteiger charge is 2.44. The number of halogens is 3. The number of nitrogens with two attached hydrogens (primary N) is 1. The summed E-state index contributed by atoms with van der Waals surface area (Å²) in [5.41, 5.74) is 8.03. The van der Waals surface area contributed by atoms with E-state index < -0.39 is 11.9 Å². The van der Waals surface area contributed by atoms with E-state index in [1.54, 1.807) is 18.2 Å². The summed E-state index contributed by atoms with van der Waals surface area (Å²) in [6.45, 7) is 8.30. The predicted molar refractivity (Wildman–Crippen MR) is 152 cm³/mol. The van der Waals surface area contributed by atoms with E-state index in [4.69, 9.17) is 39.1 Å². The molecule has 3 aromatic rings. The van der Waals surface area contributed by atoms with Gasteiger partial charge in [0, 0.05) is 54.1 Å². The van der Waals surface area contributed by atoms with Gasteiger partial charge in [-0.25, -0.2) is 9.37 Å². The van der Waals surface area contributed by atoms with Crippen LogP contribution < -0.4 is 20.7 Å². The highest BCUT2D eigenvalue weighted by Crippen LogP contribution is 2.35. The maximum Gasteiger partial charge on any atom is 0.166 e. The van der Waals surface area contributed by atoms with Crippen molar-refractivity contribution >= 4 is 40.4 Å². The van der Waals surface area contributed by atoms with Gasteiger partial charge >= 0.3 is 0 Å². The fourth-order valence-electron chi connectivity index (χ4n) is 4.99. The first-order valence-corrected chi connectivity index (χ1v) is 13.6. The molecular formula is C28H33Cl2FN6O. The van der Waals surface area contributed by atoms with Crippen LogP contribution in [0.15, 0.2) is 42.9 Å². The van der Waals surface area contributed by atoms with Crippen molar-refractivity contribution in [3.63, 3.8) is 0 Å². The van der Waals surface area contributed by atoms with Crippen LogP contribution >= 0.6 is 23.2 Å². The molecule has 1 spiro atoms. The van der Waals surface area contributed by atoms with Gasteiger partial charge in [-0.2, -0.15) is 0 Å². The fraction of sp³-hybridized carbons (Fsp3) is 0.393. The zero-order valence-corrected chi connectivity index (χ0v) is 23.3. The van der Waals surface area contributed by atoms with Crippen molar-refractivity contribution in [1.82, 2.24) is 15.3 Å². The molecule has 2 fully saturated rings. The smallest absolute Gasteiger partial charge is 0.166 e. The van der Waals surface area contributed by atoms with Crippen LogP contribution in [0.2, 0.25) is 10.0 Å². The number of hydrogen-bond donors (Lipinski definition) is 3. The highest BCUT2D eigenvalue weighted by atomic mass is 35.5. The van der Waals surface area contributed by atoms with Gasteiger partial charge in [-0.05, 0) is 50.6 Å². The van der Waals surface area contributed by atoms with Crippen molar-refractivity contribution in [3.05, 3.63) is 75.4 Å². The number of aromatic nitrogens is 2. The summed E-state index contributed by atoms with van der Waals surface area (Å²) in [4.78, 5) is 10.3. The monoisotopic (exact) mass is 558 g/mol. The van der Waals surface area contributed by atoms with E-state index in [0.29, 0.717) is 44.0 Å². The molecule has 0 saturated carbocycles. The number of ether oxygens (including phenoxy) is 1. The molecule has 0 aliphatic carbocycles. The lowest BCUT2D eigenvalue weighted by molar-refractivity contribution is 0.200. The van der Waals surface area contributed by atoms with Crippen LogP contribution in [-0.4, -0.2) is 40.9 Å². The Morgan fingerprint density at radius 3 is 2.50 bits per heavy atom. The van der Waals surface area contributed by atoms with Crippen molar-refractivity contribution in [3.8, 4) is 5.75 Å². The molecule has 2 saturated heterocycles. The Morgan fingerprint density at radius 2 is 1.87 bits per heavy atom. The number of benzene rings is 1. The summed E-state index contributed by atoms with van der Waals surface area (Å²) in [6, 6.07) is 6.34. The van der Waals surface area contributed by atoms with Crippen LogP contribution in [0, 0.1) is 11.2 Å². The lowest BCUT2D eigenvalue weighted by Crippen LogP contribution is -2.71. The molecule has 7 nitrogen and oxygen atoms in total. The summed E-state index contributed by atoms with van der Waals surface area (Å²) in [6.07, 6.45) is 7.53. The van der Waals surface area contributed by atoms with Gasteiger partial charge in [-0.3, -0.25) is 10.4 Å². The normalized spacial score (nSPS) is 16.7. The molecule has 4 N–H and O–H groups in total. The Bertz CT molecular complexity index is 1290. The average molecular weight is 560 g/mol. The summed E-state index contributed by atoms with van der Waals surface area (Å²) < 4.78 is 21.1. The SMILES string of the molecule is CC.C[C@@H](Oc1ccc(N)c(C(=N)c2cnc(N3CC4(CCCCN4)C3)c(F)c2)c1)c1c(Cl)cncc1Cl. The van der Waals surface area contributed by atoms with Crippen molar-refractivity contribution in [2.24, 2.45) is 0 Å². The minimum atomic E-state index is -0.476. The first-order chi connectivity index (χ1) is 18.3. The van der Waals surface area contributed by atoms with Crippen molar-refractivity contribution < 1.29 is 9.13 Å². The molecule has 0 amide bonds. The third-order valence-electron chi connectivity index (χ3n) is 6.88. The number of nitrogens with zero attached hydrogens (tertiary/aromatic N) is 3. The molecule has 38 heavy (non-hydrogen) atoms. The molecule has 0 unspecified atom stereocenters. The molecule has 2 aliphatic heterocycles. The van der Waals surface area contributed by atoms with Crippen LogP contribution in [-0.2, 0) is 0 Å². The van der Waals surface area contributed by atoms with E-state index >= 15 is 4.39 Å². The lowest BCUT2D eigenvalue weighted by atomic mass is 9.82. The Labute approximate surface area is 233 Å². The van der Waals surface area contributed by atoms with Gasteiger partial charge < -0.3 is 20.7 Å². The second kappa shape index (κ2) is 11.8. The average Bonchev–Trinajstić information content (AvgIpc) is 2.89. The van der Waals surface area contributed by atoms with Gasteiger partial charge in [-0.1, -0.05) is 43.5 Å². The standard InChI is InChI=1S/C26H27Cl2FN6O.C2H6/c1-15(23-19(27)11-32-12-20(23)28)36-17-4-5-22(30)18(9-17)24(31)16-8-21(29)25(33-10-16)35-13-26(14-35)6-2-3-7-34-26;1-2/h4-5,8-12,15,31,34H,2-3,6-7,13-14,30H2,1H3;1-2H3/t15-;/m1./s1. The van der Waals surface area contributed by atoms with E-state index in [-0.39, 0.29) is 11.3 Å². The van der Waals surface area contributed by atoms with Gasteiger partial charge in [0.05, 0.1) is 21.3 Å². The number of nitrogens with one attached hydrogen (secondary N) is 2. The molecule has 4 heterocycles. The van der Waals surface area contributed by atoms with E-state index in [1.807, 2.05) is 25.7 Å². The molecule has 0 bridgehead atoms. The first kappa shape index (κ1) is 28.1. The van der Waals surface area contributed by atoms with Crippen molar-refractivity contribution in [2.75, 3.05) is 30.3 Å².